The Morgan fingerprint density at radius 3 is 2.14 bits per heavy atom. The van der Waals surface area contributed by atoms with E-state index in [0.29, 0.717) is 10.8 Å². The fourth-order valence-electron chi connectivity index (χ4n) is 4.54. The molecule has 0 bridgehead atoms. The zero-order chi connectivity index (χ0) is 15.7. The third-order valence-electron chi connectivity index (χ3n) is 6.32. The van der Waals surface area contributed by atoms with Crippen molar-refractivity contribution in [2.75, 3.05) is 26.7 Å². The van der Waals surface area contributed by atoms with Crippen LogP contribution in [0.3, 0.4) is 0 Å². The molecule has 1 N–H and O–H groups in total. The van der Waals surface area contributed by atoms with E-state index in [1.165, 1.54) is 51.7 Å². The Bertz CT molecular complexity index is 321. The van der Waals surface area contributed by atoms with E-state index in [1.807, 2.05) is 0 Å². The Kier molecular flexibility index (Phi) is 5.41. The molecule has 2 saturated heterocycles. The molecule has 124 valence electrons. The molecule has 2 rings (SSSR count). The van der Waals surface area contributed by atoms with Crippen molar-refractivity contribution in [3.05, 3.63) is 0 Å². The summed E-state index contributed by atoms with van der Waals surface area (Å²) < 4.78 is 0. The highest BCUT2D eigenvalue weighted by atomic mass is 15.1. The van der Waals surface area contributed by atoms with Gasteiger partial charge >= 0.3 is 0 Å². The predicted octanol–water partition coefficient (Wildman–Crippen LogP) is 4.16. The Morgan fingerprint density at radius 1 is 0.952 bits per heavy atom. The maximum atomic E-state index is 3.81. The Labute approximate surface area is 133 Å². The van der Waals surface area contributed by atoms with Gasteiger partial charge in [0.05, 0.1) is 0 Å². The van der Waals surface area contributed by atoms with Crippen molar-refractivity contribution in [2.24, 2.45) is 22.7 Å². The van der Waals surface area contributed by atoms with E-state index in [0.717, 1.165) is 17.9 Å². The minimum absolute atomic E-state index is 0.470. The number of nitrogens with one attached hydrogen (secondary N) is 1. The average molecular weight is 295 g/mol. The van der Waals surface area contributed by atoms with Gasteiger partial charge in [0.15, 0.2) is 0 Å². The zero-order valence-corrected chi connectivity index (χ0v) is 15.3. The van der Waals surface area contributed by atoms with Gasteiger partial charge < -0.3 is 10.2 Å². The molecular formula is C19H38N2. The molecule has 2 aliphatic heterocycles. The lowest BCUT2D eigenvalue weighted by atomic mass is 9.67. The van der Waals surface area contributed by atoms with Crippen molar-refractivity contribution in [3.63, 3.8) is 0 Å². The number of hydrogen-bond acceptors (Lipinski definition) is 2. The third-order valence-corrected chi connectivity index (χ3v) is 6.32. The first kappa shape index (κ1) is 17.3. The summed E-state index contributed by atoms with van der Waals surface area (Å²) in [5.41, 5.74) is 0.955. The second-order valence-corrected chi connectivity index (χ2v) is 9.51. The van der Waals surface area contributed by atoms with E-state index in [-0.39, 0.29) is 0 Å². The summed E-state index contributed by atoms with van der Waals surface area (Å²) in [5.74, 6) is 1.79. The van der Waals surface area contributed by atoms with Gasteiger partial charge in [0.25, 0.3) is 0 Å². The minimum atomic E-state index is 0.470. The van der Waals surface area contributed by atoms with Crippen molar-refractivity contribution >= 4 is 0 Å². The summed E-state index contributed by atoms with van der Waals surface area (Å²) >= 11 is 0. The molecular weight excluding hydrogens is 256 g/mol. The summed E-state index contributed by atoms with van der Waals surface area (Å²) in [6.45, 7) is 16.1. The smallest absolute Gasteiger partial charge is 0.00750 e. The van der Waals surface area contributed by atoms with E-state index in [4.69, 9.17) is 0 Å². The largest absolute Gasteiger partial charge is 0.314 e. The number of hydrogen-bond donors (Lipinski definition) is 1. The SMILES string of the molecule is CN1CCC(C(C)(C)CC2CC(C(C)(C)C)CCN2)CC1. The summed E-state index contributed by atoms with van der Waals surface area (Å²) in [7, 11) is 2.26. The van der Waals surface area contributed by atoms with Crippen LogP contribution in [0.1, 0.15) is 66.7 Å². The normalized spacial score (nSPS) is 30.6. The monoisotopic (exact) mass is 294 g/mol. The second-order valence-electron chi connectivity index (χ2n) is 9.51. The summed E-state index contributed by atoms with van der Waals surface area (Å²) in [5, 5.41) is 3.81. The first-order chi connectivity index (χ1) is 9.68. The lowest BCUT2D eigenvalue weighted by molar-refractivity contribution is 0.0767. The van der Waals surface area contributed by atoms with Crippen LogP contribution in [0, 0.1) is 22.7 Å². The highest BCUT2D eigenvalue weighted by Crippen LogP contribution is 2.42. The summed E-state index contributed by atoms with van der Waals surface area (Å²) in [6.07, 6.45) is 6.86. The molecule has 2 atom stereocenters. The van der Waals surface area contributed by atoms with Gasteiger partial charge in [-0.25, -0.2) is 0 Å². The van der Waals surface area contributed by atoms with Crippen molar-refractivity contribution < 1.29 is 0 Å². The van der Waals surface area contributed by atoms with E-state index in [1.54, 1.807) is 0 Å². The summed E-state index contributed by atoms with van der Waals surface area (Å²) in [4.78, 5) is 2.49. The molecule has 0 aromatic heterocycles. The van der Waals surface area contributed by atoms with E-state index in [9.17, 15) is 0 Å². The number of piperidine rings is 2. The minimum Gasteiger partial charge on any atom is -0.314 e. The Hall–Kier alpha value is -0.0800. The van der Waals surface area contributed by atoms with Crippen LogP contribution in [0.2, 0.25) is 0 Å². The van der Waals surface area contributed by atoms with Gasteiger partial charge in [0.1, 0.15) is 0 Å². The van der Waals surface area contributed by atoms with Crippen LogP contribution in [0.4, 0.5) is 0 Å². The fraction of sp³-hybridized carbons (Fsp3) is 1.00. The highest BCUT2D eigenvalue weighted by Gasteiger charge is 2.37. The first-order valence-corrected chi connectivity index (χ1v) is 9.10. The molecule has 0 spiro atoms. The fourth-order valence-corrected chi connectivity index (χ4v) is 4.54. The number of likely N-dealkylation sites (tertiary alicyclic amines) is 1. The van der Waals surface area contributed by atoms with E-state index >= 15 is 0 Å². The first-order valence-electron chi connectivity index (χ1n) is 9.10. The van der Waals surface area contributed by atoms with Crippen molar-refractivity contribution in [1.82, 2.24) is 10.2 Å². The quantitative estimate of drug-likeness (QED) is 0.841. The third kappa shape index (κ3) is 4.69. The van der Waals surface area contributed by atoms with Gasteiger partial charge in [0.2, 0.25) is 0 Å². The maximum absolute atomic E-state index is 3.81. The van der Waals surface area contributed by atoms with Crippen LogP contribution in [0.5, 0.6) is 0 Å². The Balaban J connectivity index is 1.90. The van der Waals surface area contributed by atoms with Crippen LogP contribution in [-0.4, -0.2) is 37.6 Å². The van der Waals surface area contributed by atoms with Crippen molar-refractivity contribution in [3.8, 4) is 0 Å². The van der Waals surface area contributed by atoms with E-state index < -0.39 is 0 Å². The molecule has 2 heteroatoms. The molecule has 2 nitrogen and oxygen atoms in total. The predicted molar refractivity (Wildman–Crippen MR) is 92.6 cm³/mol. The lowest BCUT2D eigenvalue weighted by Crippen LogP contribution is -2.46. The summed E-state index contributed by atoms with van der Waals surface area (Å²) in [6, 6.07) is 0.734. The Morgan fingerprint density at radius 2 is 1.57 bits per heavy atom. The number of nitrogens with zero attached hydrogens (tertiary/aromatic N) is 1. The molecule has 0 saturated carbocycles. The van der Waals surface area contributed by atoms with Crippen molar-refractivity contribution in [2.45, 2.75) is 72.8 Å². The van der Waals surface area contributed by atoms with Crippen LogP contribution < -0.4 is 5.32 Å². The highest BCUT2D eigenvalue weighted by molar-refractivity contribution is 4.91. The van der Waals surface area contributed by atoms with Gasteiger partial charge in [-0.2, -0.15) is 0 Å². The molecule has 2 unspecified atom stereocenters. The molecule has 2 aliphatic rings. The average Bonchev–Trinajstić information content (AvgIpc) is 2.38. The standard InChI is InChI=1S/C19H38N2/c1-18(2,3)16-7-10-20-17(13-16)14-19(4,5)15-8-11-21(6)12-9-15/h15-17,20H,7-14H2,1-6H3. The van der Waals surface area contributed by atoms with E-state index in [2.05, 4.69) is 51.9 Å². The molecule has 0 aliphatic carbocycles. The van der Waals surface area contributed by atoms with Crippen LogP contribution in [-0.2, 0) is 0 Å². The lowest BCUT2D eigenvalue weighted by Gasteiger charge is -2.44. The molecule has 0 aromatic carbocycles. The van der Waals surface area contributed by atoms with Gasteiger partial charge in [-0.15, -0.1) is 0 Å². The molecule has 2 heterocycles. The second kappa shape index (κ2) is 6.58. The van der Waals surface area contributed by atoms with Crippen LogP contribution in [0.25, 0.3) is 0 Å². The zero-order valence-electron chi connectivity index (χ0n) is 15.3. The van der Waals surface area contributed by atoms with Crippen molar-refractivity contribution in [1.29, 1.82) is 0 Å². The van der Waals surface area contributed by atoms with Gasteiger partial charge in [-0.05, 0) is 81.5 Å². The van der Waals surface area contributed by atoms with Gasteiger partial charge in [-0.1, -0.05) is 34.6 Å². The van der Waals surface area contributed by atoms with Crippen LogP contribution >= 0.6 is 0 Å². The topological polar surface area (TPSA) is 15.3 Å². The van der Waals surface area contributed by atoms with Gasteiger partial charge in [0, 0.05) is 6.04 Å². The molecule has 2 fully saturated rings. The van der Waals surface area contributed by atoms with Crippen LogP contribution in [0.15, 0.2) is 0 Å². The molecule has 0 aromatic rings. The molecule has 0 radical (unpaired) electrons. The molecule has 21 heavy (non-hydrogen) atoms. The maximum Gasteiger partial charge on any atom is 0.00750 e. The molecule has 0 amide bonds. The number of rotatable bonds is 3. The van der Waals surface area contributed by atoms with Gasteiger partial charge in [-0.3, -0.25) is 0 Å².